The van der Waals surface area contributed by atoms with Crippen molar-refractivity contribution < 1.29 is 4.79 Å². The summed E-state index contributed by atoms with van der Waals surface area (Å²) in [6.45, 7) is 3.92. The number of nitrogens with zero attached hydrogens (tertiary/aromatic N) is 2. The summed E-state index contributed by atoms with van der Waals surface area (Å²) < 4.78 is 0. The van der Waals surface area contributed by atoms with E-state index >= 15 is 0 Å². The van der Waals surface area contributed by atoms with Crippen LogP contribution in [-0.4, -0.2) is 21.1 Å². The zero-order chi connectivity index (χ0) is 13.7. The average molecular weight is 258 g/mol. The van der Waals surface area contributed by atoms with Gasteiger partial charge in [0.15, 0.2) is 0 Å². The SMILES string of the molecule is CCc1ccc(CCC(=O)Nc2n[nH]c(C)n2)cc1. The van der Waals surface area contributed by atoms with Crippen LogP contribution in [0.15, 0.2) is 24.3 Å². The third-order valence-corrected chi connectivity index (χ3v) is 2.92. The van der Waals surface area contributed by atoms with Crippen molar-refractivity contribution in [2.75, 3.05) is 5.32 Å². The zero-order valence-corrected chi connectivity index (χ0v) is 11.2. The Morgan fingerprint density at radius 3 is 2.53 bits per heavy atom. The third-order valence-electron chi connectivity index (χ3n) is 2.92. The van der Waals surface area contributed by atoms with Gasteiger partial charge in [-0.15, -0.1) is 5.10 Å². The van der Waals surface area contributed by atoms with E-state index in [9.17, 15) is 4.79 Å². The summed E-state index contributed by atoms with van der Waals surface area (Å²) in [5.74, 6) is 0.952. The number of carbonyl (C=O) groups excluding carboxylic acids is 1. The summed E-state index contributed by atoms with van der Waals surface area (Å²) in [6.07, 6.45) is 2.18. The van der Waals surface area contributed by atoms with Gasteiger partial charge in [0.05, 0.1) is 0 Å². The highest BCUT2D eigenvalue weighted by atomic mass is 16.1. The van der Waals surface area contributed by atoms with E-state index in [1.165, 1.54) is 11.1 Å². The summed E-state index contributed by atoms with van der Waals surface area (Å²) in [5, 5.41) is 9.21. The van der Waals surface area contributed by atoms with Gasteiger partial charge >= 0.3 is 0 Å². The topological polar surface area (TPSA) is 70.7 Å². The normalized spacial score (nSPS) is 10.4. The molecular formula is C14H18N4O. The van der Waals surface area contributed by atoms with Crippen LogP contribution >= 0.6 is 0 Å². The lowest BCUT2D eigenvalue weighted by Crippen LogP contribution is -2.13. The third kappa shape index (κ3) is 3.91. The van der Waals surface area contributed by atoms with Crippen LogP contribution in [0.1, 0.15) is 30.3 Å². The van der Waals surface area contributed by atoms with Gasteiger partial charge < -0.3 is 0 Å². The molecule has 0 radical (unpaired) electrons. The molecule has 0 bridgehead atoms. The van der Waals surface area contributed by atoms with Gasteiger partial charge in [-0.2, -0.15) is 4.98 Å². The van der Waals surface area contributed by atoms with Crippen LogP contribution in [0.25, 0.3) is 0 Å². The lowest BCUT2D eigenvalue weighted by molar-refractivity contribution is -0.116. The molecule has 100 valence electrons. The van der Waals surface area contributed by atoms with Crippen molar-refractivity contribution in [1.82, 2.24) is 15.2 Å². The summed E-state index contributed by atoms with van der Waals surface area (Å²) in [4.78, 5) is 15.7. The van der Waals surface area contributed by atoms with Crippen molar-refractivity contribution in [3.63, 3.8) is 0 Å². The zero-order valence-electron chi connectivity index (χ0n) is 11.2. The van der Waals surface area contributed by atoms with Crippen molar-refractivity contribution in [3.8, 4) is 0 Å². The number of carbonyl (C=O) groups is 1. The molecule has 5 heteroatoms. The van der Waals surface area contributed by atoms with Crippen molar-refractivity contribution in [3.05, 3.63) is 41.2 Å². The number of amides is 1. The summed E-state index contributed by atoms with van der Waals surface area (Å²) in [7, 11) is 0. The molecule has 0 saturated heterocycles. The molecule has 0 unspecified atom stereocenters. The minimum absolute atomic E-state index is 0.0708. The first-order chi connectivity index (χ1) is 9.17. The fraction of sp³-hybridized carbons (Fsp3) is 0.357. The van der Waals surface area contributed by atoms with Crippen molar-refractivity contribution >= 4 is 11.9 Å². The van der Waals surface area contributed by atoms with Crippen LogP contribution < -0.4 is 5.32 Å². The molecule has 1 aromatic heterocycles. The minimum Gasteiger partial charge on any atom is -0.293 e. The Labute approximate surface area is 112 Å². The van der Waals surface area contributed by atoms with Gasteiger partial charge in [-0.3, -0.25) is 15.2 Å². The van der Waals surface area contributed by atoms with Crippen LogP contribution in [0.4, 0.5) is 5.95 Å². The monoisotopic (exact) mass is 258 g/mol. The number of nitrogens with one attached hydrogen (secondary N) is 2. The van der Waals surface area contributed by atoms with E-state index in [1.54, 1.807) is 6.92 Å². The Balaban J connectivity index is 1.82. The molecule has 2 aromatic rings. The van der Waals surface area contributed by atoms with Crippen molar-refractivity contribution in [1.29, 1.82) is 0 Å². The Morgan fingerprint density at radius 2 is 1.95 bits per heavy atom. The van der Waals surface area contributed by atoms with E-state index in [-0.39, 0.29) is 5.91 Å². The van der Waals surface area contributed by atoms with Crippen LogP contribution in [0, 0.1) is 6.92 Å². The average Bonchev–Trinajstić information content (AvgIpc) is 2.82. The predicted molar refractivity (Wildman–Crippen MR) is 73.9 cm³/mol. The van der Waals surface area contributed by atoms with Gasteiger partial charge in [0.1, 0.15) is 5.82 Å². The Morgan fingerprint density at radius 1 is 1.26 bits per heavy atom. The highest BCUT2D eigenvalue weighted by molar-refractivity contribution is 5.88. The molecule has 0 saturated carbocycles. The molecule has 0 atom stereocenters. The minimum atomic E-state index is -0.0708. The number of aromatic amines is 1. The smallest absolute Gasteiger partial charge is 0.248 e. The molecular weight excluding hydrogens is 240 g/mol. The Kier molecular flexibility index (Phi) is 4.28. The maximum absolute atomic E-state index is 11.7. The van der Waals surface area contributed by atoms with Gasteiger partial charge in [0.25, 0.3) is 0 Å². The number of benzene rings is 1. The molecule has 19 heavy (non-hydrogen) atoms. The molecule has 0 fully saturated rings. The number of aryl methyl sites for hydroxylation is 3. The molecule has 5 nitrogen and oxygen atoms in total. The number of H-pyrrole nitrogens is 1. The maximum atomic E-state index is 11.7. The molecule has 2 rings (SSSR count). The van der Waals surface area contributed by atoms with Crippen LogP contribution in [0.3, 0.4) is 0 Å². The second kappa shape index (κ2) is 6.13. The lowest BCUT2D eigenvalue weighted by Gasteiger charge is -2.03. The van der Waals surface area contributed by atoms with E-state index in [1.807, 2.05) is 0 Å². The first kappa shape index (κ1) is 13.3. The molecule has 0 aliphatic rings. The number of hydrogen-bond acceptors (Lipinski definition) is 3. The lowest BCUT2D eigenvalue weighted by atomic mass is 10.1. The largest absolute Gasteiger partial charge is 0.293 e. The van der Waals surface area contributed by atoms with E-state index in [2.05, 4.69) is 51.7 Å². The number of aromatic nitrogens is 3. The first-order valence-electron chi connectivity index (χ1n) is 6.44. The fourth-order valence-corrected chi connectivity index (χ4v) is 1.79. The summed E-state index contributed by atoms with van der Waals surface area (Å²) in [5.41, 5.74) is 2.47. The number of rotatable bonds is 5. The number of anilines is 1. The fourth-order valence-electron chi connectivity index (χ4n) is 1.79. The predicted octanol–water partition coefficient (Wildman–Crippen LogP) is 2.25. The molecule has 0 aliphatic heterocycles. The number of hydrogen-bond donors (Lipinski definition) is 2. The first-order valence-corrected chi connectivity index (χ1v) is 6.44. The van der Waals surface area contributed by atoms with Crippen LogP contribution in [0.2, 0.25) is 0 Å². The Bertz CT molecular complexity index is 545. The highest BCUT2D eigenvalue weighted by Gasteiger charge is 2.06. The molecule has 0 spiro atoms. The van der Waals surface area contributed by atoms with Gasteiger partial charge in [-0.25, -0.2) is 0 Å². The molecule has 2 N–H and O–H groups in total. The highest BCUT2D eigenvalue weighted by Crippen LogP contribution is 2.08. The van der Waals surface area contributed by atoms with E-state index in [0.717, 1.165) is 12.8 Å². The van der Waals surface area contributed by atoms with Crippen LogP contribution in [-0.2, 0) is 17.6 Å². The second-order valence-corrected chi connectivity index (χ2v) is 4.46. The molecule has 1 aromatic carbocycles. The second-order valence-electron chi connectivity index (χ2n) is 4.46. The molecule has 1 heterocycles. The van der Waals surface area contributed by atoms with Gasteiger partial charge in [0.2, 0.25) is 11.9 Å². The van der Waals surface area contributed by atoms with Gasteiger partial charge in [0, 0.05) is 6.42 Å². The van der Waals surface area contributed by atoms with E-state index in [0.29, 0.717) is 18.2 Å². The van der Waals surface area contributed by atoms with Crippen molar-refractivity contribution in [2.24, 2.45) is 0 Å². The van der Waals surface area contributed by atoms with E-state index in [4.69, 9.17) is 0 Å². The van der Waals surface area contributed by atoms with Gasteiger partial charge in [-0.1, -0.05) is 31.2 Å². The molecule has 0 aliphatic carbocycles. The van der Waals surface area contributed by atoms with E-state index < -0.39 is 0 Å². The summed E-state index contributed by atoms with van der Waals surface area (Å²) >= 11 is 0. The summed E-state index contributed by atoms with van der Waals surface area (Å²) in [6, 6.07) is 8.35. The van der Waals surface area contributed by atoms with Gasteiger partial charge in [-0.05, 0) is 30.9 Å². The van der Waals surface area contributed by atoms with Crippen LogP contribution in [0.5, 0.6) is 0 Å². The quantitative estimate of drug-likeness (QED) is 0.864. The standard InChI is InChI=1S/C14H18N4O/c1-3-11-4-6-12(7-5-11)8-9-13(19)16-14-15-10(2)17-18-14/h4-7H,3,8-9H2,1-2H3,(H2,15,16,17,18,19). The van der Waals surface area contributed by atoms with Crippen molar-refractivity contribution in [2.45, 2.75) is 33.1 Å². The molecule has 1 amide bonds. The Hall–Kier alpha value is -2.17. The maximum Gasteiger partial charge on any atom is 0.248 e.